The van der Waals surface area contributed by atoms with Crippen molar-refractivity contribution in [1.82, 2.24) is 19.5 Å². The van der Waals surface area contributed by atoms with Crippen LogP contribution in [0.4, 0.5) is 5.95 Å². The maximum Gasteiger partial charge on any atom is 0.212 e. The highest BCUT2D eigenvalue weighted by atomic mass is 16.5. The topological polar surface area (TPSA) is 122 Å². The number of benzene rings is 2. The van der Waals surface area contributed by atoms with E-state index in [1.54, 1.807) is 19.5 Å². The van der Waals surface area contributed by atoms with Gasteiger partial charge in [0, 0.05) is 42.1 Å². The number of methoxy groups -OCH3 is 1. The number of ether oxygens (including phenoxy) is 3. The number of guanidine groups is 1. The minimum atomic E-state index is -0.504. The Morgan fingerprint density at radius 1 is 1.06 bits per heavy atom. The van der Waals surface area contributed by atoms with Crippen LogP contribution in [0.5, 0.6) is 17.2 Å². The molecule has 4 aromatic rings. The van der Waals surface area contributed by atoms with Gasteiger partial charge in [0.25, 0.3) is 0 Å². The molecule has 2 aliphatic heterocycles. The van der Waals surface area contributed by atoms with Crippen LogP contribution in [0.1, 0.15) is 18.2 Å². The number of nitrogens with two attached hydrogens (primary N) is 1. The van der Waals surface area contributed by atoms with E-state index in [4.69, 9.17) is 29.9 Å². The Morgan fingerprint density at radius 2 is 1.85 bits per heavy atom. The largest absolute Gasteiger partial charge is 0.496 e. The first kappa shape index (κ1) is 19.4. The van der Waals surface area contributed by atoms with Gasteiger partial charge in [0.2, 0.25) is 5.95 Å². The van der Waals surface area contributed by atoms with Gasteiger partial charge in [-0.2, -0.15) is 0 Å². The highest BCUT2D eigenvalue weighted by molar-refractivity contribution is 5.95. The first-order chi connectivity index (χ1) is 16.2. The summed E-state index contributed by atoms with van der Waals surface area (Å²) in [4.78, 5) is 17.7. The lowest BCUT2D eigenvalue weighted by molar-refractivity contribution is 0.297. The van der Waals surface area contributed by atoms with Crippen LogP contribution in [0.2, 0.25) is 0 Å². The molecule has 33 heavy (non-hydrogen) atoms. The monoisotopic (exact) mass is 443 g/mol. The lowest BCUT2D eigenvalue weighted by Gasteiger charge is -2.25. The second-order valence-corrected chi connectivity index (χ2v) is 7.74. The van der Waals surface area contributed by atoms with Crippen LogP contribution in [0.3, 0.4) is 0 Å². The summed E-state index contributed by atoms with van der Waals surface area (Å²) in [5.74, 6) is 2.90. The number of rotatable bonds is 3. The van der Waals surface area contributed by atoms with Crippen molar-refractivity contribution in [1.29, 1.82) is 0 Å². The van der Waals surface area contributed by atoms with Gasteiger partial charge in [-0.25, -0.2) is 19.9 Å². The highest BCUT2D eigenvalue weighted by Crippen LogP contribution is 2.41. The molecular formula is C23H21N7O3. The lowest BCUT2D eigenvalue weighted by Crippen LogP contribution is -2.31. The molecule has 0 aliphatic carbocycles. The Hall–Kier alpha value is -4.34. The Morgan fingerprint density at radius 3 is 2.64 bits per heavy atom. The highest BCUT2D eigenvalue weighted by Gasteiger charge is 2.29. The number of anilines is 1. The maximum absolute atomic E-state index is 6.16. The van der Waals surface area contributed by atoms with Crippen molar-refractivity contribution in [3.8, 4) is 28.4 Å². The maximum atomic E-state index is 6.16. The molecule has 0 spiro atoms. The van der Waals surface area contributed by atoms with E-state index in [-0.39, 0.29) is 5.96 Å². The average Bonchev–Trinajstić information content (AvgIpc) is 3.03. The molecule has 0 amide bonds. The zero-order chi connectivity index (χ0) is 22.4. The molecule has 1 unspecified atom stereocenters. The number of aliphatic imine (C=N–C) groups is 1. The summed E-state index contributed by atoms with van der Waals surface area (Å²) in [6.45, 7) is 1.21. The molecule has 166 valence electrons. The Kier molecular flexibility index (Phi) is 4.49. The van der Waals surface area contributed by atoms with Crippen molar-refractivity contribution in [2.24, 2.45) is 10.7 Å². The van der Waals surface area contributed by atoms with E-state index in [1.807, 2.05) is 34.9 Å². The first-order valence-electron chi connectivity index (χ1n) is 10.6. The van der Waals surface area contributed by atoms with Gasteiger partial charge >= 0.3 is 0 Å². The predicted molar refractivity (Wildman–Crippen MR) is 123 cm³/mol. The van der Waals surface area contributed by atoms with Gasteiger partial charge < -0.3 is 19.9 Å². The van der Waals surface area contributed by atoms with Crippen LogP contribution >= 0.6 is 0 Å². The molecule has 6 rings (SSSR count). The SMILES string of the molecule is COc1ccc(-c2cncnc2)cc1C1N=C(N)Nc2nc3cc4c(cc3n21)OCCCO4. The lowest BCUT2D eigenvalue weighted by atomic mass is 10.0. The van der Waals surface area contributed by atoms with E-state index in [1.165, 1.54) is 6.33 Å². The van der Waals surface area contributed by atoms with Crippen molar-refractivity contribution in [3.05, 3.63) is 54.6 Å². The number of aromatic nitrogens is 4. The molecule has 2 aliphatic rings. The molecule has 0 bridgehead atoms. The summed E-state index contributed by atoms with van der Waals surface area (Å²) in [5.41, 5.74) is 10.4. The third-order valence-corrected chi connectivity index (χ3v) is 5.71. The molecule has 2 aromatic heterocycles. The van der Waals surface area contributed by atoms with Crippen molar-refractivity contribution in [2.75, 3.05) is 25.6 Å². The molecule has 10 nitrogen and oxygen atoms in total. The molecule has 0 radical (unpaired) electrons. The molecule has 0 saturated heterocycles. The molecular weight excluding hydrogens is 422 g/mol. The normalized spacial score (nSPS) is 17.0. The third-order valence-electron chi connectivity index (χ3n) is 5.71. The molecule has 3 N–H and O–H groups in total. The van der Waals surface area contributed by atoms with Crippen molar-refractivity contribution < 1.29 is 14.2 Å². The molecule has 0 fully saturated rings. The summed E-state index contributed by atoms with van der Waals surface area (Å²) in [7, 11) is 1.64. The quantitative estimate of drug-likeness (QED) is 0.496. The second-order valence-electron chi connectivity index (χ2n) is 7.74. The van der Waals surface area contributed by atoms with E-state index in [2.05, 4.69) is 15.3 Å². The standard InChI is InChI=1S/C23H21N7O3/c1-31-18-4-3-13(14-10-25-12-26-11-14)7-15(18)21-28-22(24)29-23-27-16-8-19-20(9-17(16)30(21)23)33-6-2-5-32-19/h3-4,7-12,21H,2,5-6H2,1H3,(H3,24,27,28,29). The van der Waals surface area contributed by atoms with E-state index in [9.17, 15) is 0 Å². The number of hydrogen-bond acceptors (Lipinski definition) is 9. The molecule has 4 heterocycles. The summed E-state index contributed by atoms with van der Waals surface area (Å²) < 4.78 is 19.4. The van der Waals surface area contributed by atoms with Crippen molar-refractivity contribution in [2.45, 2.75) is 12.6 Å². The minimum Gasteiger partial charge on any atom is -0.496 e. The summed E-state index contributed by atoms with van der Waals surface area (Å²) >= 11 is 0. The average molecular weight is 443 g/mol. The predicted octanol–water partition coefficient (Wildman–Crippen LogP) is 2.95. The Labute approximate surface area is 189 Å². The minimum absolute atomic E-state index is 0.271. The summed E-state index contributed by atoms with van der Waals surface area (Å²) in [6.07, 6.45) is 5.36. The first-order valence-corrected chi connectivity index (χ1v) is 10.6. The van der Waals surface area contributed by atoms with Crippen LogP contribution in [0.15, 0.2) is 54.0 Å². The van der Waals surface area contributed by atoms with Gasteiger partial charge in [-0.05, 0) is 17.7 Å². The smallest absolute Gasteiger partial charge is 0.212 e. The fourth-order valence-electron chi connectivity index (χ4n) is 4.20. The molecule has 2 aromatic carbocycles. The van der Waals surface area contributed by atoms with Gasteiger partial charge in [0.15, 0.2) is 23.6 Å². The fourth-order valence-corrected chi connectivity index (χ4v) is 4.20. The number of nitrogens with one attached hydrogen (secondary N) is 1. The van der Waals surface area contributed by atoms with Crippen LogP contribution in [-0.2, 0) is 0 Å². The Balaban J connectivity index is 1.55. The van der Waals surface area contributed by atoms with Gasteiger partial charge in [-0.15, -0.1) is 0 Å². The van der Waals surface area contributed by atoms with Gasteiger partial charge in [0.05, 0.1) is 31.4 Å². The number of fused-ring (bicyclic) bond motifs is 4. The molecule has 10 heteroatoms. The third kappa shape index (κ3) is 3.27. The molecule has 0 saturated carbocycles. The van der Waals surface area contributed by atoms with E-state index >= 15 is 0 Å². The van der Waals surface area contributed by atoms with E-state index < -0.39 is 6.17 Å². The van der Waals surface area contributed by atoms with Gasteiger partial charge in [-0.3, -0.25) is 9.88 Å². The van der Waals surface area contributed by atoms with Gasteiger partial charge in [0.1, 0.15) is 12.1 Å². The zero-order valence-electron chi connectivity index (χ0n) is 17.9. The number of nitrogens with zero attached hydrogens (tertiary/aromatic N) is 5. The van der Waals surface area contributed by atoms with Crippen LogP contribution in [-0.4, -0.2) is 45.8 Å². The number of hydrogen-bond donors (Lipinski definition) is 2. The van der Waals surface area contributed by atoms with Crippen LogP contribution in [0, 0.1) is 0 Å². The number of imidazole rings is 1. The summed E-state index contributed by atoms with van der Waals surface area (Å²) in [5, 5.41) is 3.07. The summed E-state index contributed by atoms with van der Waals surface area (Å²) in [6, 6.07) is 9.73. The van der Waals surface area contributed by atoms with Crippen LogP contribution in [0.25, 0.3) is 22.2 Å². The van der Waals surface area contributed by atoms with E-state index in [0.717, 1.165) is 34.1 Å². The van der Waals surface area contributed by atoms with Crippen LogP contribution < -0.4 is 25.3 Å². The fraction of sp³-hybridized carbons (Fsp3) is 0.217. The Bertz CT molecular complexity index is 1380. The second kappa shape index (κ2) is 7.66. The van der Waals surface area contributed by atoms with E-state index in [0.29, 0.717) is 36.4 Å². The zero-order valence-corrected chi connectivity index (χ0v) is 17.9. The van der Waals surface area contributed by atoms with Crippen molar-refractivity contribution >= 4 is 22.9 Å². The molecule has 1 atom stereocenters. The van der Waals surface area contributed by atoms with Gasteiger partial charge in [-0.1, -0.05) is 6.07 Å². The van der Waals surface area contributed by atoms with Crippen molar-refractivity contribution in [3.63, 3.8) is 0 Å².